The van der Waals surface area contributed by atoms with Gasteiger partial charge in [-0.05, 0) is 69.6 Å². The number of ether oxygens (including phenoxy) is 3. The number of aromatic nitrogens is 1. The van der Waals surface area contributed by atoms with Crippen LogP contribution in [0.1, 0.15) is 93.4 Å². The van der Waals surface area contributed by atoms with Crippen molar-refractivity contribution in [2.45, 2.75) is 106 Å². The molecule has 1 heterocycles. The summed E-state index contributed by atoms with van der Waals surface area (Å²) in [6.45, 7) is 15.4. The Morgan fingerprint density at radius 2 is 1.71 bits per heavy atom. The molecule has 1 aromatic carbocycles. The van der Waals surface area contributed by atoms with Crippen molar-refractivity contribution in [3.05, 3.63) is 28.6 Å². The molecular weight excluding hydrogens is 480 g/mol. The van der Waals surface area contributed by atoms with Gasteiger partial charge in [-0.1, -0.05) is 53.4 Å². The largest absolute Gasteiger partial charge is 0.493 e. The van der Waals surface area contributed by atoms with E-state index in [2.05, 4.69) is 27.7 Å². The normalized spacial score (nSPS) is 14.9. The van der Waals surface area contributed by atoms with Crippen LogP contribution in [0.15, 0.2) is 23.0 Å². The minimum absolute atomic E-state index is 0.165. The number of anilines is 1. The number of hydrogen-bond donors (Lipinski definition) is 0. The zero-order chi connectivity index (χ0) is 28.1. The molecule has 7 nitrogen and oxygen atoms in total. The smallest absolute Gasteiger partial charge is 0.415 e. The van der Waals surface area contributed by atoms with E-state index in [9.17, 15) is 9.59 Å². The van der Waals surface area contributed by atoms with Crippen LogP contribution in [0, 0.1) is 11.3 Å². The SMILES string of the molecule is CCCCOc1c(N(C)C(=O)OC(C)(C)C)n(CC(C)(C)C)c(=O)c2ccc(OCC3CCCCC3)cc12. The molecule has 1 aliphatic rings. The second-order valence-electron chi connectivity index (χ2n) is 12.9. The minimum Gasteiger partial charge on any atom is -0.493 e. The quantitative estimate of drug-likeness (QED) is 0.314. The fraction of sp³-hybridized carbons (Fsp3) is 0.677. The maximum absolute atomic E-state index is 13.9. The number of amides is 1. The zero-order valence-electron chi connectivity index (χ0n) is 24.8. The highest BCUT2D eigenvalue weighted by Crippen LogP contribution is 2.38. The molecule has 0 unspecified atom stereocenters. The Balaban J connectivity index is 2.17. The van der Waals surface area contributed by atoms with Crippen molar-refractivity contribution in [1.29, 1.82) is 0 Å². The molecule has 0 bridgehead atoms. The molecule has 1 fully saturated rings. The van der Waals surface area contributed by atoms with Crippen LogP contribution in [0.4, 0.5) is 10.6 Å². The molecule has 1 aromatic heterocycles. The fourth-order valence-corrected chi connectivity index (χ4v) is 4.87. The highest BCUT2D eigenvalue weighted by Gasteiger charge is 2.30. The van der Waals surface area contributed by atoms with Gasteiger partial charge in [0, 0.05) is 19.0 Å². The van der Waals surface area contributed by atoms with Crippen molar-refractivity contribution < 1.29 is 19.0 Å². The van der Waals surface area contributed by atoms with Gasteiger partial charge >= 0.3 is 6.09 Å². The van der Waals surface area contributed by atoms with E-state index >= 15 is 0 Å². The van der Waals surface area contributed by atoms with Gasteiger partial charge in [0.15, 0.2) is 11.6 Å². The number of carbonyl (C=O) groups is 1. The molecule has 1 amide bonds. The number of unbranched alkanes of at least 4 members (excludes halogenated alkanes) is 1. The van der Waals surface area contributed by atoms with Crippen LogP contribution in [-0.4, -0.2) is 36.5 Å². The Kier molecular flexibility index (Phi) is 9.77. The minimum atomic E-state index is -0.680. The summed E-state index contributed by atoms with van der Waals surface area (Å²) in [4.78, 5) is 28.6. The molecule has 1 saturated carbocycles. The van der Waals surface area contributed by atoms with E-state index in [0.717, 1.165) is 12.8 Å². The molecule has 0 atom stereocenters. The van der Waals surface area contributed by atoms with E-state index in [1.165, 1.54) is 37.0 Å². The predicted molar refractivity (Wildman–Crippen MR) is 155 cm³/mol. The third-order valence-electron chi connectivity index (χ3n) is 6.74. The molecule has 3 rings (SSSR count). The number of hydrogen-bond acceptors (Lipinski definition) is 5. The Hall–Kier alpha value is -2.70. The van der Waals surface area contributed by atoms with E-state index in [1.54, 1.807) is 11.6 Å². The molecule has 212 valence electrons. The summed E-state index contributed by atoms with van der Waals surface area (Å²) in [5, 5.41) is 1.20. The van der Waals surface area contributed by atoms with Crippen molar-refractivity contribution in [1.82, 2.24) is 4.57 Å². The number of carbonyl (C=O) groups excluding carboxylic acids is 1. The third-order valence-corrected chi connectivity index (χ3v) is 6.74. The zero-order valence-corrected chi connectivity index (χ0v) is 24.8. The van der Waals surface area contributed by atoms with Gasteiger partial charge in [0.2, 0.25) is 0 Å². The van der Waals surface area contributed by atoms with Crippen LogP contribution in [0.5, 0.6) is 11.5 Å². The van der Waals surface area contributed by atoms with Gasteiger partial charge in [0.25, 0.3) is 5.56 Å². The van der Waals surface area contributed by atoms with Gasteiger partial charge < -0.3 is 14.2 Å². The Morgan fingerprint density at radius 3 is 2.32 bits per heavy atom. The molecule has 38 heavy (non-hydrogen) atoms. The lowest BCUT2D eigenvalue weighted by Crippen LogP contribution is -2.39. The first kappa shape index (κ1) is 29.9. The number of benzene rings is 1. The number of rotatable bonds is 9. The summed E-state index contributed by atoms with van der Waals surface area (Å²) in [6.07, 6.45) is 7.50. The first-order valence-corrected chi connectivity index (χ1v) is 14.2. The molecule has 7 heteroatoms. The van der Waals surface area contributed by atoms with Crippen LogP contribution in [-0.2, 0) is 11.3 Å². The predicted octanol–water partition coefficient (Wildman–Crippen LogP) is 7.56. The average Bonchev–Trinajstić information content (AvgIpc) is 2.83. The van der Waals surface area contributed by atoms with Crippen LogP contribution in [0.25, 0.3) is 10.8 Å². The monoisotopic (exact) mass is 528 g/mol. The topological polar surface area (TPSA) is 70.0 Å². The summed E-state index contributed by atoms with van der Waals surface area (Å²) < 4.78 is 20.0. The van der Waals surface area contributed by atoms with Gasteiger partial charge in [-0.25, -0.2) is 4.79 Å². The van der Waals surface area contributed by atoms with E-state index in [-0.39, 0.29) is 11.0 Å². The van der Waals surface area contributed by atoms with Crippen molar-refractivity contribution in [3.63, 3.8) is 0 Å². The maximum Gasteiger partial charge on any atom is 0.415 e. The standard InChI is InChI=1S/C31H48N2O5/c1-9-10-18-36-26-25-19-23(37-20-22-14-12-11-13-15-22)16-17-24(25)28(34)33(21-30(2,3)4)27(26)32(8)29(35)38-31(5,6)7/h16-17,19,22H,9-15,18,20-21H2,1-8H3. The van der Waals surface area contributed by atoms with Gasteiger partial charge in [-0.3, -0.25) is 14.3 Å². The summed E-state index contributed by atoms with van der Waals surface area (Å²) in [7, 11) is 1.64. The number of pyridine rings is 1. The second-order valence-corrected chi connectivity index (χ2v) is 12.9. The van der Waals surface area contributed by atoms with Crippen molar-refractivity contribution in [2.75, 3.05) is 25.2 Å². The van der Waals surface area contributed by atoms with E-state index < -0.39 is 11.7 Å². The molecule has 0 aliphatic heterocycles. The average molecular weight is 529 g/mol. The van der Waals surface area contributed by atoms with Crippen LogP contribution < -0.4 is 19.9 Å². The molecular formula is C31H48N2O5. The van der Waals surface area contributed by atoms with Crippen LogP contribution >= 0.6 is 0 Å². The van der Waals surface area contributed by atoms with Gasteiger partial charge in [0.1, 0.15) is 11.4 Å². The first-order valence-electron chi connectivity index (χ1n) is 14.2. The first-order chi connectivity index (χ1) is 17.8. The summed E-state index contributed by atoms with van der Waals surface area (Å²) in [6, 6.07) is 5.60. The lowest BCUT2D eigenvalue weighted by Gasteiger charge is -2.31. The van der Waals surface area contributed by atoms with Gasteiger partial charge in [-0.2, -0.15) is 0 Å². The second kappa shape index (κ2) is 12.4. The Bertz CT molecular complexity index is 1150. The third kappa shape index (κ3) is 7.90. The molecule has 0 N–H and O–H groups in total. The van der Waals surface area contributed by atoms with Gasteiger partial charge in [-0.15, -0.1) is 0 Å². The van der Waals surface area contributed by atoms with E-state index in [0.29, 0.717) is 53.8 Å². The van der Waals surface area contributed by atoms with Crippen LogP contribution in [0.3, 0.4) is 0 Å². The molecule has 0 spiro atoms. The lowest BCUT2D eigenvalue weighted by atomic mass is 9.90. The highest BCUT2D eigenvalue weighted by molar-refractivity contribution is 5.97. The number of fused-ring (bicyclic) bond motifs is 1. The van der Waals surface area contributed by atoms with Crippen molar-refractivity contribution in [2.24, 2.45) is 11.3 Å². The van der Waals surface area contributed by atoms with Crippen molar-refractivity contribution in [3.8, 4) is 11.5 Å². The maximum atomic E-state index is 13.9. The number of nitrogens with zero attached hydrogens (tertiary/aromatic N) is 2. The fourth-order valence-electron chi connectivity index (χ4n) is 4.87. The Morgan fingerprint density at radius 1 is 1.03 bits per heavy atom. The summed E-state index contributed by atoms with van der Waals surface area (Å²) in [5.74, 6) is 2.19. The molecule has 1 aliphatic carbocycles. The summed E-state index contributed by atoms with van der Waals surface area (Å²) in [5.41, 5.74) is -1.06. The van der Waals surface area contributed by atoms with Crippen molar-refractivity contribution >= 4 is 22.7 Å². The summed E-state index contributed by atoms with van der Waals surface area (Å²) >= 11 is 0. The van der Waals surface area contributed by atoms with Gasteiger partial charge in [0.05, 0.1) is 18.6 Å². The molecule has 0 saturated heterocycles. The lowest BCUT2D eigenvalue weighted by molar-refractivity contribution is 0.0585. The van der Waals surface area contributed by atoms with E-state index in [1.807, 2.05) is 39.0 Å². The van der Waals surface area contributed by atoms with E-state index in [4.69, 9.17) is 14.2 Å². The highest BCUT2D eigenvalue weighted by atomic mass is 16.6. The molecule has 0 radical (unpaired) electrons. The molecule has 2 aromatic rings. The Labute approximate surface area is 228 Å². The van der Waals surface area contributed by atoms with Crippen LogP contribution in [0.2, 0.25) is 0 Å².